The fourth-order valence-electron chi connectivity index (χ4n) is 2.75. The number of aromatic nitrogens is 1. The molecule has 0 radical (unpaired) electrons. The highest BCUT2D eigenvalue weighted by Gasteiger charge is 2.16. The van der Waals surface area contributed by atoms with E-state index in [4.69, 9.17) is 0 Å². The van der Waals surface area contributed by atoms with E-state index < -0.39 is 5.97 Å². The Morgan fingerprint density at radius 2 is 1.96 bits per heavy atom. The van der Waals surface area contributed by atoms with Gasteiger partial charge in [0.2, 0.25) is 0 Å². The number of nitrogens with zero attached hydrogens (tertiary/aromatic N) is 1. The molecular weight excluding hydrogens is 304 g/mol. The topological polar surface area (TPSA) is 82.5 Å². The van der Waals surface area contributed by atoms with E-state index in [9.17, 15) is 15.0 Å². The number of nitrogens with one attached hydrogen (secondary N) is 1. The number of aryl methyl sites for hydroxylation is 1. The number of hydrogen-bond acceptors (Lipinski definition) is 4. The summed E-state index contributed by atoms with van der Waals surface area (Å²) in [6, 6.07) is 13.3. The van der Waals surface area contributed by atoms with Gasteiger partial charge in [-0.05, 0) is 30.5 Å². The number of fused-ring (bicyclic) bond motifs is 1. The van der Waals surface area contributed by atoms with E-state index in [1.807, 2.05) is 49.4 Å². The number of aliphatic hydroxyl groups is 1. The Hall–Kier alpha value is -2.92. The molecule has 1 aromatic heterocycles. The van der Waals surface area contributed by atoms with Crippen LogP contribution >= 0.6 is 0 Å². The lowest BCUT2D eigenvalue weighted by Gasteiger charge is -2.15. The van der Waals surface area contributed by atoms with Crippen LogP contribution in [0.4, 0.5) is 11.4 Å². The highest BCUT2D eigenvalue weighted by atomic mass is 16.4. The molecular formula is C19H18N2O3. The Morgan fingerprint density at radius 1 is 1.17 bits per heavy atom. The molecule has 0 aliphatic rings. The van der Waals surface area contributed by atoms with Gasteiger partial charge in [-0.2, -0.15) is 0 Å². The molecule has 0 bridgehead atoms. The van der Waals surface area contributed by atoms with Crippen molar-refractivity contribution in [1.82, 2.24) is 4.98 Å². The molecule has 0 aliphatic carbocycles. The largest absolute Gasteiger partial charge is 0.478 e. The third-order valence-electron chi connectivity index (χ3n) is 4.00. The molecule has 0 aliphatic heterocycles. The summed E-state index contributed by atoms with van der Waals surface area (Å²) in [5, 5.41) is 22.7. The minimum absolute atomic E-state index is 0.0159. The van der Waals surface area contributed by atoms with Gasteiger partial charge < -0.3 is 15.5 Å². The van der Waals surface area contributed by atoms with E-state index >= 15 is 0 Å². The van der Waals surface area contributed by atoms with Crippen LogP contribution in [-0.2, 0) is 6.42 Å². The third-order valence-corrected chi connectivity index (χ3v) is 4.00. The van der Waals surface area contributed by atoms with Crippen molar-refractivity contribution in [3.05, 3.63) is 65.4 Å². The van der Waals surface area contributed by atoms with Crippen molar-refractivity contribution in [2.75, 3.05) is 11.9 Å². The van der Waals surface area contributed by atoms with E-state index in [-0.39, 0.29) is 12.2 Å². The van der Waals surface area contributed by atoms with E-state index in [2.05, 4.69) is 10.3 Å². The molecule has 0 atom stereocenters. The monoisotopic (exact) mass is 322 g/mol. The van der Waals surface area contributed by atoms with Crippen molar-refractivity contribution in [3.8, 4) is 0 Å². The maximum atomic E-state index is 11.6. The predicted molar refractivity (Wildman–Crippen MR) is 94.0 cm³/mol. The summed E-state index contributed by atoms with van der Waals surface area (Å²) in [4.78, 5) is 15.9. The molecule has 0 amide bonds. The summed E-state index contributed by atoms with van der Waals surface area (Å²) in [5.41, 5.74) is 4.09. The molecule has 2 aromatic carbocycles. The molecule has 24 heavy (non-hydrogen) atoms. The van der Waals surface area contributed by atoms with Gasteiger partial charge in [-0.25, -0.2) is 4.79 Å². The molecule has 3 N–H and O–H groups in total. The van der Waals surface area contributed by atoms with E-state index in [1.54, 1.807) is 0 Å². The van der Waals surface area contributed by atoms with Crippen molar-refractivity contribution in [1.29, 1.82) is 0 Å². The van der Waals surface area contributed by atoms with Crippen LogP contribution in [-0.4, -0.2) is 27.8 Å². The average Bonchev–Trinajstić information content (AvgIpc) is 2.57. The number of carboxylic acids is 1. The number of carbonyl (C=O) groups is 1. The zero-order chi connectivity index (χ0) is 17.1. The van der Waals surface area contributed by atoms with Gasteiger partial charge in [0.15, 0.2) is 0 Å². The summed E-state index contributed by atoms with van der Waals surface area (Å²) in [6.45, 7) is 1.98. The van der Waals surface area contributed by atoms with Crippen LogP contribution in [0.3, 0.4) is 0 Å². The molecule has 5 heteroatoms. The summed E-state index contributed by atoms with van der Waals surface area (Å²) in [6.07, 6.45) is 1.84. The Balaban J connectivity index is 2.22. The van der Waals surface area contributed by atoms with Crippen LogP contribution in [0.5, 0.6) is 0 Å². The maximum Gasteiger partial charge on any atom is 0.339 e. The van der Waals surface area contributed by atoms with E-state index in [1.165, 1.54) is 6.20 Å². The number of carboxylic acid groups (broad SMARTS) is 1. The molecule has 1 heterocycles. The Kier molecular flexibility index (Phi) is 4.44. The van der Waals surface area contributed by atoms with Crippen LogP contribution in [0.1, 0.15) is 21.5 Å². The maximum absolute atomic E-state index is 11.6. The fraction of sp³-hybridized carbons (Fsp3) is 0.158. The predicted octanol–water partition coefficient (Wildman–Crippen LogP) is 3.52. The zero-order valence-electron chi connectivity index (χ0n) is 13.3. The van der Waals surface area contributed by atoms with Crippen molar-refractivity contribution in [2.45, 2.75) is 13.3 Å². The van der Waals surface area contributed by atoms with Crippen molar-refractivity contribution in [2.24, 2.45) is 0 Å². The summed E-state index contributed by atoms with van der Waals surface area (Å²) < 4.78 is 0. The lowest BCUT2D eigenvalue weighted by atomic mass is 10.0. The lowest BCUT2D eigenvalue weighted by Crippen LogP contribution is -2.06. The number of benzene rings is 2. The summed E-state index contributed by atoms with van der Waals surface area (Å²) >= 11 is 0. The van der Waals surface area contributed by atoms with Gasteiger partial charge in [0.05, 0.1) is 11.2 Å². The minimum atomic E-state index is -1.03. The number of pyridine rings is 1. The van der Waals surface area contributed by atoms with Crippen LogP contribution in [0, 0.1) is 6.92 Å². The number of rotatable bonds is 5. The highest BCUT2D eigenvalue weighted by Crippen LogP contribution is 2.31. The van der Waals surface area contributed by atoms with Gasteiger partial charge in [0.1, 0.15) is 5.56 Å². The summed E-state index contributed by atoms with van der Waals surface area (Å²) in [5.74, 6) is -1.03. The first kappa shape index (κ1) is 16.0. The van der Waals surface area contributed by atoms with Gasteiger partial charge >= 0.3 is 5.97 Å². The Morgan fingerprint density at radius 3 is 2.67 bits per heavy atom. The first-order chi connectivity index (χ1) is 11.6. The molecule has 3 aromatic rings. The first-order valence-electron chi connectivity index (χ1n) is 7.69. The van der Waals surface area contributed by atoms with Crippen molar-refractivity contribution < 1.29 is 15.0 Å². The van der Waals surface area contributed by atoms with E-state index in [0.717, 1.165) is 22.2 Å². The molecule has 0 spiro atoms. The molecule has 5 nitrogen and oxygen atoms in total. The Labute approximate surface area is 139 Å². The second-order valence-corrected chi connectivity index (χ2v) is 5.58. The number of aliphatic hydroxyl groups excluding tert-OH is 1. The Bertz CT molecular complexity index is 906. The molecule has 0 saturated heterocycles. The van der Waals surface area contributed by atoms with Gasteiger partial charge in [-0.15, -0.1) is 0 Å². The van der Waals surface area contributed by atoms with Crippen molar-refractivity contribution in [3.63, 3.8) is 0 Å². The van der Waals surface area contributed by atoms with Crippen molar-refractivity contribution >= 4 is 28.2 Å². The lowest BCUT2D eigenvalue weighted by molar-refractivity contribution is 0.0697. The highest BCUT2D eigenvalue weighted by molar-refractivity contribution is 6.06. The van der Waals surface area contributed by atoms with Crippen LogP contribution in [0.25, 0.3) is 10.9 Å². The van der Waals surface area contributed by atoms with Gasteiger partial charge in [-0.3, -0.25) is 4.98 Å². The molecule has 3 rings (SSSR count). The number of para-hydroxylation sites is 2. The van der Waals surface area contributed by atoms with Crippen LogP contribution < -0.4 is 5.32 Å². The zero-order valence-corrected chi connectivity index (χ0v) is 13.3. The van der Waals surface area contributed by atoms with E-state index in [0.29, 0.717) is 17.6 Å². The first-order valence-corrected chi connectivity index (χ1v) is 7.69. The van der Waals surface area contributed by atoms with Gasteiger partial charge in [0, 0.05) is 23.9 Å². The van der Waals surface area contributed by atoms with Crippen LogP contribution in [0.15, 0.2) is 48.7 Å². The average molecular weight is 322 g/mol. The van der Waals surface area contributed by atoms with Gasteiger partial charge in [0.25, 0.3) is 0 Å². The second-order valence-electron chi connectivity index (χ2n) is 5.58. The second kappa shape index (κ2) is 6.68. The number of hydrogen-bond donors (Lipinski definition) is 3. The SMILES string of the molecule is Cc1ccccc1Nc1c(C(=O)O)cnc2c(CCO)cccc12. The number of aromatic carboxylic acids is 1. The normalized spacial score (nSPS) is 10.8. The molecule has 0 saturated carbocycles. The van der Waals surface area contributed by atoms with Gasteiger partial charge in [-0.1, -0.05) is 36.4 Å². The number of anilines is 2. The summed E-state index contributed by atoms with van der Waals surface area (Å²) in [7, 11) is 0. The molecule has 0 fully saturated rings. The quantitative estimate of drug-likeness (QED) is 0.669. The standard InChI is InChI=1S/C19H18N2O3/c1-12-5-2-3-8-16(12)21-18-14-7-4-6-13(9-10-22)17(14)20-11-15(18)19(23)24/h2-8,11,22H,9-10H2,1H3,(H,20,21)(H,23,24). The van der Waals surface area contributed by atoms with Crippen LogP contribution in [0.2, 0.25) is 0 Å². The molecule has 122 valence electrons. The minimum Gasteiger partial charge on any atom is -0.478 e. The fourth-order valence-corrected chi connectivity index (χ4v) is 2.75. The molecule has 0 unspecified atom stereocenters. The third kappa shape index (κ3) is 2.94. The smallest absolute Gasteiger partial charge is 0.339 e.